The zero-order valence-corrected chi connectivity index (χ0v) is 19.1. The molecule has 0 aromatic heterocycles. The number of halogens is 3. The number of amides is 1. The maximum atomic E-state index is 14.1. The highest BCUT2D eigenvalue weighted by Gasteiger charge is 2.51. The molecule has 32 heavy (non-hydrogen) atoms. The summed E-state index contributed by atoms with van der Waals surface area (Å²) in [5.74, 6) is 0.250. The summed E-state index contributed by atoms with van der Waals surface area (Å²) in [6.45, 7) is 6.05. The molecule has 0 radical (unpaired) electrons. The molecule has 7 heteroatoms. The molecule has 4 nitrogen and oxygen atoms in total. The van der Waals surface area contributed by atoms with Crippen molar-refractivity contribution in [3.8, 4) is 5.75 Å². The summed E-state index contributed by atoms with van der Waals surface area (Å²) in [5.41, 5.74) is 1.67. The van der Waals surface area contributed by atoms with Gasteiger partial charge < -0.3 is 4.74 Å². The zero-order valence-electron chi connectivity index (χ0n) is 19.1. The van der Waals surface area contributed by atoms with E-state index in [4.69, 9.17) is 4.74 Å². The zero-order chi connectivity index (χ0) is 23.4. The number of hydrazine groups is 1. The molecule has 1 fully saturated rings. The molecule has 2 aromatic carbocycles. The molecular formula is C25H33F3N2O2. The van der Waals surface area contributed by atoms with Crippen LogP contribution in [0.25, 0.3) is 10.8 Å². The van der Waals surface area contributed by atoms with E-state index < -0.39 is 23.5 Å². The van der Waals surface area contributed by atoms with E-state index in [1.54, 1.807) is 44.2 Å². The first-order valence-electron chi connectivity index (χ1n) is 11.4. The van der Waals surface area contributed by atoms with E-state index in [0.29, 0.717) is 23.1 Å². The molecule has 1 saturated heterocycles. The number of nitrogens with one attached hydrogen (secondary N) is 1. The number of hydrogen-bond acceptors (Lipinski definition) is 3. The molecule has 1 heterocycles. The van der Waals surface area contributed by atoms with E-state index in [2.05, 4.69) is 12.3 Å². The predicted octanol–water partition coefficient (Wildman–Crippen LogP) is 6.56. The van der Waals surface area contributed by atoms with E-state index in [0.717, 1.165) is 17.9 Å². The highest BCUT2D eigenvalue weighted by Crippen LogP contribution is 2.43. The first-order valence-corrected chi connectivity index (χ1v) is 11.4. The quantitative estimate of drug-likeness (QED) is 0.417. The van der Waals surface area contributed by atoms with E-state index in [1.807, 2.05) is 0 Å². The van der Waals surface area contributed by atoms with Crippen LogP contribution in [-0.4, -0.2) is 30.2 Å². The second kappa shape index (κ2) is 10.1. The van der Waals surface area contributed by atoms with Crippen LogP contribution in [0.4, 0.5) is 13.2 Å². The van der Waals surface area contributed by atoms with Crippen molar-refractivity contribution in [2.45, 2.75) is 71.5 Å². The highest BCUT2D eigenvalue weighted by molar-refractivity contribution is 5.88. The minimum atomic E-state index is -4.55. The van der Waals surface area contributed by atoms with Gasteiger partial charge in [0.2, 0.25) is 5.91 Å². The first kappa shape index (κ1) is 24.4. The van der Waals surface area contributed by atoms with Crippen molar-refractivity contribution < 1.29 is 22.7 Å². The Morgan fingerprint density at radius 1 is 1.09 bits per heavy atom. The van der Waals surface area contributed by atoms with Gasteiger partial charge in [0.25, 0.3) is 0 Å². The molecule has 1 amide bonds. The number of unbranched alkanes of at least 4 members (excludes halogenated alkanes) is 5. The lowest BCUT2D eigenvalue weighted by atomic mass is 9.93. The van der Waals surface area contributed by atoms with E-state index in [9.17, 15) is 18.0 Å². The summed E-state index contributed by atoms with van der Waals surface area (Å²) in [6.07, 6.45) is 2.43. The third-order valence-corrected chi connectivity index (χ3v) is 5.99. The molecule has 1 atom stereocenters. The molecule has 0 saturated carbocycles. The summed E-state index contributed by atoms with van der Waals surface area (Å²) in [7, 11) is 0. The number of carbonyl (C=O) groups is 1. The Bertz CT molecular complexity index is 927. The minimum absolute atomic E-state index is 0.0220. The molecular weight excluding hydrogens is 417 g/mol. The second-order valence-corrected chi connectivity index (χ2v) is 9.24. The number of benzene rings is 2. The number of rotatable bonds is 10. The number of carbonyl (C=O) groups excluding carboxylic acids is 1. The topological polar surface area (TPSA) is 41.6 Å². The fraction of sp³-hybridized carbons (Fsp3) is 0.560. The highest BCUT2D eigenvalue weighted by atomic mass is 19.4. The van der Waals surface area contributed by atoms with Crippen molar-refractivity contribution in [3.63, 3.8) is 0 Å². The van der Waals surface area contributed by atoms with Crippen molar-refractivity contribution in [3.05, 3.63) is 42.0 Å². The number of ether oxygens (including phenoxy) is 1. The van der Waals surface area contributed by atoms with Gasteiger partial charge in [-0.1, -0.05) is 63.3 Å². The standard InChI is InChI=1S/C25H33F3N2O2/c1-4-5-6-7-8-9-15-32-19-13-14-20-18(16-19)11-10-12-21(20)22(25(26,27)28)30-17-24(2,3)23(31)29-30/h10-14,16,22H,4-9,15,17H2,1-3H3,(H,29,31)/t22-/m0/s1. The van der Waals surface area contributed by atoms with Crippen molar-refractivity contribution in [1.82, 2.24) is 10.4 Å². The van der Waals surface area contributed by atoms with Crippen molar-refractivity contribution in [2.24, 2.45) is 5.41 Å². The minimum Gasteiger partial charge on any atom is -0.494 e. The monoisotopic (exact) mass is 450 g/mol. The first-order chi connectivity index (χ1) is 15.1. The smallest absolute Gasteiger partial charge is 0.409 e. The molecule has 176 valence electrons. The molecule has 0 bridgehead atoms. The Kier molecular flexibility index (Phi) is 7.70. The van der Waals surface area contributed by atoms with Crippen LogP contribution in [0.2, 0.25) is 0 Å². The second-order valence-electron chi connectivity index (χ2n) is 9.24. The fourth-order valence-corrected chi connectivity index (χ4v) is 4.18. The Labute approximate surface area is 188 Å². The Balaban J connectivity index is 1.77. The van der Waals surface area contributed by atoms with E-state index in [-0.39, 0.29) is 12.1 Å². The average molecular weight is 451 g/mol. The largest absolute Gasteiger partial charge is 0.494 e. The van der Waals surface area contributed by atoms with Crippen LogP contribution in [-0.2, 0) is 4.79 Å². The molecule has 0 aliphatic carbocycles. The number of nitrogens with zero attached hydrogens (tertiary/aromatic N) is 1. The van der Waals surface area contributed by atoms with Gasteiger partial charge in [-0.15, -0.1) is 0 Å². The number of hydrogen-bond donors (Lipinski definition) is 1. The van der Waals surface area contributed by atoms with Crippen molar-refractivity contribution >= 4 is 16.7 Å². The molecule has 3 rings (SSSR count). The van der Waals surface area contributed by atoms with Crippen LogP contribution in [0.1, 0.15) is 70.9 Å². The van der Waals surface area contributed by atoms with Gasteiger partial charge in [0.1, 0.15) is 5.75 Å². The maximum absolute atomic E-state index is 14.1. The lowest BCUT2D eigenvalue weighted by molar-refractivity contribution is -0.191. The van der Waals surface area contributed by atoms with Gasteiger partial charge in [-0.25, -0.2) is 5.01 Å². The van der Waals surface area contributed by atoms with Gasteiger partial charge in [-0.05, 0) is 48.7 Å². The SMILES string of the molecule is CCCCCCCCOc1ccc2c([C@H](N3CC(C)(C)C(=O)N3)C(F)(F)F)cccc2c1. The average Bonchev–Trinajstić information content (AvgIpc) is 2.98. The summed E-state index contributed by atoms with van der Waals surface area (Å²) in [5, 5.41) is 2.20. The molecule has 1 aliphatic rings. The van der Waals surface area contributed by atoms with E-state index in [1.165, 1.54) is 31.7 Å². The predicted molar refractivity (Wildman–Crippen MR) is 120 cm³/mol. The number of alkyl halides is 3. The van der Waals surface area contributed by atoms with Gasteiger partial charge in [0, 0.05) is 6.54 Å². The van der Waals surface area contributed by atoms with Crippen molar-refractivity contribution in [1.29, 1.82) is 0 Å². The van der Waals surface area contributed by atoms with Crippen molar-refractivity contribution in [2.75, 3.05) is 13.2 Å². The normalized spacial score (nSPS) is 17.5. The lowest BCUT2D eigenvalue weighted by Crippen LogP contribution is -2.43. The lowest BCUT2D eigenvalue weighted by Gasteiger charge is -2.30. The molecule has 1 N–H and O–H groups in total. The van der Waals surface area contributed by atoms with Crippen LogP contribution in [0.5, 0.6) is 5.75 Å². The maximum Gasteiger partial charge on any atom is 0.409 e. The van der Waals surface area contributed by atoms with Crippen LogP contribution in [0.3, 0.4) is 0 Å². The van der Waals surface area contributed by atoms with Crippen LogP contribution >= 0.6 is 0 Å². The van der Waals surface area contributed by atoms with Gasteiger partial charge in [-0.3, -0.25) is 10.2 Å². The molecule has 2 aromatic rings. The third kappa shape index (κ3) is 5.74. The summed E-state index contributed by atoms with van der Waals surface area (Å²) in [4.78, 5) is 12.1. The third-order valence-electron chi connectivity index (χ3n) is 5.99. The Morgan fingerprint density at radius 2 is 1.81 bits per heavy atom. The van der Waals surface area contributed by atoms with Crippen LogP contribution in [0.15, 0.2) is 36.4 Å². The Hall–Kier alpha value is -2.28. The summed E-state index contributed by atoms with van der Waals surface area (Å²) >= 11 is 0. The number of fused-ring (bicyclic) bond motifs is 1. The molecule has 0 unspecified atom stereocenters. The Morgan fingerprint density at radius 3 is 2.47 bits per heavy atom. The van der Waals surface area contributed by atoms with Gasteiger partial charge in [-0.2, -0.15) is 13.2 Å². The van der Waals surface area contributed by atoms with E-state index >= 15 is 0 Å². The fourth-order valence-electron chi connectivity index (χ4n) is 4.18. The molecule has 1 aliphatic heterocycles. The van der Waals surface area contributed by atoms with Gasteiger partial charge in [0.05, 0.1) is 12.0 Å². The molecule has 0 spiro atoms. The summed E-state index contributed by atoms with van der Waals surface area (Å²) in [6, 6.07) is 8.16. The summed E-state index contributed by atoms with van der Waals surface area (Å²) < 4.78 is 48.3. The van der Waals surface area contributed by atoms with Crippen LogP contribution in [0, 0.1) is 5.41 Å². The van der Waals surface area contributed by atoms with Gasteiger partial charge >= 0.3 is 6.18 Å². The van der Waals surface area contributed by atoms with Crippen LogP contribution < -0.4 is 10.2 Å². The van der Waals surface area contributed by atoms with Gasteiger partial charge in [0.15, 0.2) is 6.04 Å².